The summed E-state index contributed by atoms with van der Waals surface area (Å²) in [5.74, 6) is 0.959. The lowest BCUT2D eigenvalue weighted by atomic mass is 10.1. The van der Waals surface area contributed by atoms with Crippen molar-refractivity contribution >= 4 is 29.9 Å². The molecule has 0 aliphatic carbocycles. The molecule has 1 aromatic carbocycles. The second kappa shape index (κ2) is 10.8. The molecule has 0 spiro atoms. The van der Waals surface area contributed by atoms with Crippen molar-refractivity contribution in [1.82, 2.24) is 15.1 Å². The second-order valence-corrected chi connectivity index (χ2v) is 7.97. The van der Waals surface area contributed by atoms with Gasteiger partial charge in [-0.1, -0.05) is 30.3 Å². The molecule has 2 unspecified atom stereocenters. The molecule has 0 amide bonds. The van der Waals surface area contributed by atoms with E-state index in [4.69, 9.17) is 14.5 Å². The van der Waals surface area contributed by atoms with Crippen LogP contribution in [0.2, 0.25) is 0 Å². The van der Waals surface area contributed by atoms with Gasteiger partial charge in [-0.15, -0.1) is 24.0 Å². The minimum absolute atomic E-state index is 0. The maximum absolute atomic E-state index is 6.10. The molecule has 2 heterocycles. The Morgan fingerprint density at radius 3 is 2.71 bits per heavy atom. The standard InChI is InChI=1S/C21H34N4O2.HI/c1-5-22-20(23-16-21(2,3)26-4)25-14-18-19(15-25)27-12-11-24(18)13-17-9-7-6-8-10-17;/h6-10,18-19H,5,11-16H2,1-4H3,(H,22,23);1H. The van der Waals surface area contributed by atoms with Gasteiger partial charge >= 0.3 is 0 Å². The molecule has 158 valence electrons. The van der Waals surface area contributed by atoms with Crippen molar-refractivity contribution in [3.05, 3.63) is 35.9 Å². The smallest absolute Gasteiger partial charge is 0.194 e. The quantitative estimate of drug-likeness (QED) is 0.368. The van der Waals surface area contributed by atoms with Gasteiger partial charge in [0.15, 0.2) is 5.96 Å². The van der Waals surface area contributed by atoms with Crippen LogP contribution in [0, 0.1) is 0 Å². The predicted octanol–water partition coefficient (Wildman–Crippen LogP) is 2.58. The fraction of sp³-hybridized carbons (Fsp3) is 0.667. The number of hydrogen-bond acceptors (Lipinski definition) is 4. The van der Waals surface area contributed by atoms with Gasteiger partial charge in [0.2, 0.25) is 0 Å². The first-order chi connectivity index (χ1) is 13.0. The van der Waals surface area contributed by atoms with Crippen LogP contribution < -0.4 is 5.32 Å². The van der Waals surface area contributed by atoms with E-state index in [9.17, 15) is 0 Å². The Balaban J connectivity index is 0.00000280. The number of halogens is 1. The first-order valence-corrected chi connectivity index (χ1v) is 10.0. The van der Waals surface area contributed by atoms with Crippen LogP contribution in [0.3, 0.4) is 0 Å². The average Bonchev–Trinajstić information content (AvgIpc) is 3.11. The summed E-state index contributed by atoms with van der Waals surface area (Å²) < 4.78 is 11.6. The molecule has 2 aliphatic rings. The predicted molar refractivity (Wildman–Crippen MR) is 124 cm³/mol. The molecule has 3 rings (SSSR count). The van der Waals surface area contributed by atoms with Crippen LogP contribution in [0.25, 0.3) is 0 Å². The largest absolute Gasteiger partial charge is 0.377 e. The third-order valence-corrected chi connectivity index (χ3v) is 5.44. The maximum atomic E-state index is 6.10. The van der Waals surface area contributed by atoms with Crippen molar-refractivity contribution in [2.24, 2.45) is 4.99 Å². The molecule has 28 heavy (non-hydrogen) atoms. The second-order valence-electron chi connectivity index (χ2n) is 7.97. The highest BCUT2D eigenvalue weighted by Gasteiger charge is 2.41. The molecular weight excluding hydrogens is 467 g/mol. The molecule has 0 aromatic heterocycles. The number of nitrogens with one attached hydrogen (secondary N) is 1. The van der Waals surface area contributed by atoms with Crippen molar-refractivity contribution in [1.29, 1.82) is 0 Å². The number of hydrogen-bond donors (Lipinski definition) is 1. The van der Waals surface area contributed by atoms with Crippen molar-refractivity contribution in [3.8, 4) is 0 Å². The Kier molecular flexibility index (Phi) is 8.98. The van der Waals surface area contributed by atoms with Crippen LogP contribution in [0.4, 0.5) is 0 Å². The van der Waals surface area contributed by atoms with E-state index >= 15 is 0 Å². The van der Waals surface area contributed by atoms with Crippen LogP contribution in [-0.2, 0) is 16.0 Å². The molecule has 1 aromatic rings. The lowest BCUT2D eigenvalue weighted by Gasteiger charge is -2.36. The van der Waals surface area contributed by atoms with Gasteiger partial charge in [-0.2, -0.15) is 0 Å². The molecule has 1 N–H and O–H groups in total. The van der Waals surface area contributed by atoms with Gasteiger partial charge in [0.25, 0.3) is 0 Å². The summed E-state index contributed by atoms with van der Waals surface area (Å²) in [6.07, 6.45) is 0.238. The molecule has 2 fully saturated rings. The van der Waals surface area contributed by atoms with Gasteiger partial charge in [-0.25, -0.2) is 0 Å². The summed E-state index contributed by atoms with van der Waals surface area (Å²) in [7, 11) is 1.74. The maximum Gasteiger partial charge on any atom is 0.194 e. The van der Waals surface area contributed by atoms with E-state index in [-0.39, 0.29) is 35.7 Å². The van der Waals surface area contributed by atoms with E-state index in [2.05, 4.69) is 66.2 Å². The number of guanidine groups is 1. The Bertz CT molecular complexity index is 626. The Hall–Kier alpha value is -0.900. The summed E-state index contributed by atoms with van der Waals surface area (Å²) in [5, 5.41) is 3.44. The first kappa shape index (κ1) is 23.4. The number of ether oxygens (including phenoxy) is 2. The number of aliphatic imine (C=N–C) groups is 1. The third kappa shape index (κ3) is 6.05. The average molecular weight is 502 g/mol. The summed E-state index contributed by atoms with van der Waals surface area (Å²) in [6.45, 7) is 12.3. The van der Waals surface area contributed by atoms with E-state index in [1.165, 1.54) is 5.56 Å². The topological polar surface area (TPSA) is 49.3 Å². The highest BCUT2D eigenvalue weighted by Crippen LogP contribution is 2.25. The van der Waals surface area contributed by atoms with Crippen LogP contribution in [0.1, 0.15) is 26.3 Å². The number of fused-ring (bicyclic) bond motifs is 1. The Morgan fingerprint density at radius 2 is 2.04 bits per heavy atom. The zero-order valence-corrected chi connectivity index (χ0v) is 19.9. The highest BCUT2D eigenvalue weighted by atomic mass is 127. The number of morpholine rings is 1. The van der Waals surface area contributed by atoms with Gasteiger partial charge in [0, 0.05) is 39.8 Å². The molecule has 6 nitrogen and oxygen atoms in total. The van der Waals surface area contributed by atoms with E-state index in [0.29, 0.717) is 12.6 Å². The van der Waals surface area contributed by atoms with Gasteiger partial charge in [0.1, 0.15) is 0 Å². The number of methoxy groups -OCH3 is 1. The first-order valence-electron chi connectivity index (χ1n) is 10.0. The molecule has 7 heteroatoms. The zero-order chi connectivity index (χ0) is 19.3. The molecule has 0 saturated carbocycles. The SMILES string of the molecule is CCNC(=NCC(C)(C)OC)N1CC2OCCN(Cc3ccccc3)C2C1.I. The summed E-state index contributed by atoms with van der Waals surface area (Å²) in [6, 6.07) is 11.1. The third-order valence-electron chi connectivity index (χ3n) is 5.44. The summed E-state index contributed by atoms with van der Waals surface area (Å²) in [4.78, 5) is 9.74. The number of rotatable bonds is 6. The van der Waals surface area contributed by atoms with Crippen LogP contribution >= 0.6 is 24.0 Å². The van der Waals surface area contributed by atoms with Crippen molar-refractivity contribution < 1.29 is 9.47 Å². The van der Waals surface area contributed by atoms with Crippen LogP contribution in [0.5, 0.6) is 0 Å². The molecule has 0 radical (unpaired) electrons. The van der Waals surface area contributed by atoms with Crippen molar-refractivity contribution in [2.45, 2.75) is 45.1 Å². The van der Waals surface area contributed by atoms with Crippen molar-refractivity contribution in [3.63, 3.8) is 0 Å². The summed E-state index contributed by atoms with van der Waals surface area (Å²) >= 11 is 0. The van der Waals surface area contributed by atoms with E-state index < -0.39 is 0 Å². The number of benzene rings is 1. The van der Waals surface area contributed by atoms with Crippen LogP contribution in [0.15, 0.2) is 35.3 Å². The van der Waals surface area contributed by atoms with Crippen molar-refractivity contribution in [2.75, 3.05) is 46.4 Å². The molecular formula is C21H35IN4O2. The summed E-state index contributed by atoms with van der Waals surface area (Å²) in [5.41, 5.74) is 1.10. The minimum Gasteiger partial charge on any atom is -0.377 e. The van der Waals surface area contributed by atoms with Gasteiger partial charge in [0.05, 0.1) is 30.9 Å². The van der Waals surface area contributed by atoms with Gasteiger partial charge in [-0.3, -0.25) is 9.89 Å². The normalized spacial score (nSPS) is 23.3. The molecule has 2 atom stereocenters. The number of likely N-dealkylation sites (tertiary alicyclic amines) is 1. The molecule has 2 saturated heterocycles. The van der Waals surface area contributed by atoms with Gasteiger partial charge in [-0.05, 0) is 26.3 Å². The Morgan fingerprint density at radius 1 is 1.29 bits per heavy atom. The van der Waals surface area contributed by atoms with Crippen LogP contribution in [-0.4, -0.2) is 79.9 Å². The van der Waals surface area contributed by atoms with Gasteiger partial charge < -0.3 is 19.7 Å². The lowest BCUT2D eigenvalue weighted by molar-refractivity contribution is -0.0502. The van der Waals surface area contributed by atoms with E-state index in [1.54, 1.807) is 7.11 Å². The fourth-order valence-corrected chi connectivity index (χ4v) is 3.70. The fourth-order valence-electron chi connectivity index (χ4n) is 3.70. The molecule has 2 aliphatic heterocycles. The monoisotopic (exact) mass is 502 g/mol. The highest BCUT2D eigenvalue weighted by molar-refractivity contribution is 14.0. The zero-order valence-electron chi connectivity index (χ0n) is 17.6. The molecule has 0 bridgehead atoms. The minimum atomic E-state index is -0.261. The van der Waals surface area contributed by atoms with E-state index in [0.717, 1.165) is 45.3 Å². The lowest BCUT2D eigenvalue weighted by Crippen LogP contribution is -2.50. The Labute approximate surface area is 186 Å². The van der Waals surface area contributed by atoms with E-state index in [1.807, 2.05) is 0 Å². The number of nitrogens with zero attached hydrogens (tertiary/aromatic N) is 3.